The molecule has 1 heterocycles. The van der Waals surface area contributed by atoms with Crippen LogP contribution >= 0.6 is 0 Å². The fourth-order valence-corrected chi connectivity index (χ4v) is 1.94. The summed E-state index contributed by atoms with van der Waals surface area (Å²) in [4.78, 5) is 8.77. The van der Waals surface area contributed by atoms with E-state index in [4.69, 9.17) is 4.74 Å². The first kappa shape index (κ1) is 13.5. The van der Waals surface area contributed by atoms with Gasteiger partial charge in [-0.1, -0.05) is 12.1 Å². The van der Waals surface area contributed by atoms with Gasteiger partial charge in [0.15, 0.2) is 0 Å². The molecular weight excluding hydrogens is 238 g/mol. The number of methoxy groups -OCH3 is 1. The number of rotatable bonds is 5. The van der Waals surface area contributed by atoms with E-state index >= 15 is 0 Å². The van der Waals surface area contributed by atoms with Crippen molar-refractivity contribution in [3.63, 3.8) is 0 Å². The minimum atomic E-state index is 0.104. The van der Waals surface area contributed by atoms with Crippen molar-refractivity contribution in [3.8, 4) is 5.75 Å². The Morgan fingerprint density at radius 3 is 2.63 bits per heavy atom. The molecule has 0 spiro atoms. The normalized spacial score (nSPS) is 12.2. The van der Waals surface area contributed by atoms with Crippen LogP contribution in [0.4, 0.5) is 0 Å². The lowest BCUT2D eigenvalue weighted by Crippen LogP contribution is -2.21. The van der Waals surface area contributed by atoms with Gasteiger partial charge in [0, 0.05) is 12.4 Å². The van der Waals surface area contributed by atoms with Crippen molar-refractivity contribution in [2.24, 2.45) is 0 Å². The molecule has 100 valence electrons. The van der Waals surface area contributed by atoms with E-state index in [-0.39, 0.29) is 6.04 Å². The number of hydrogen-bond acceptors (Lipinski definition) is 4. The molecule has 4 nitrogen and oxygen atoms in total. The first-order chi connectivity index (χ1) is 9.22. The number of aromatic nitrogens is 2. The second-order valence-electron chi connectivity index (χ2n) is 4.52. The molecule has 0 aliphatic rings. The minimum Gasteiger partial charge on any atom is -0.497 e. The van der Waals surface area contributed by atoms with Crippen LogP contribution in [0.15, 0.2) is 36.7 Å². The second kappa shape index (κ2) is 6.29. The molecule has 0 aliphatic carbocycles. The summed E-state index contributed by atoms with van der Waals surface area (Å²) >= 11 is 0. The second-order valence-corrected chi connectivity index (χ2v) is 4.52. The quantitative estimate of drug-likeness (QED) is 0.892. The van der Waals surface area contributed by atoms with Crippen molar-refractivity contribution in [1.29, 1.82) is 0 Å². The lowest BCUT2D eigenvalue weighted by molar-refractivity contribution is 0.414. The Kier molecular flexibility index (Phi) is 4.47. The van der Waals surface area contributed by atoms with Gasteiger partial charge in [-0.25, -0.2) is 9.97 Å². The lowest BCUT2D eigenvalue weighted by Gasteiger charge is -2.15. The number of nitrogens with one attached hydrogen (secondary N) is 1. The first-order valence-electron chi connectivity index (χ1n) is 6.31. The van der Waals surface area contributed by atoms with Crippen molar-refractivity contribution in [2.45, 2.75) is 19.4 Å². The van der Waals surface area contributed by atoms with Crippen molar-refractivity contribution < 1.29 is 4.74 Å². The summed E-state index contributed by atoms with van der Waals surface area (Å²) in [6.07, 6.45) is 4.52. The molecule has 1 atom stereocenters. The van der Waals surface area contributed by atoms with Gasteiger partial charge in [0.25, 0.3) is 0 Å². The third-order valence-electron chi connectivity index (χ3n) is 3.04. The van der Waals surface area contributed by atoms with Crippen LogP contribution in [-0.2, 0) is 6.42 Å². The van der Waals surface area contributed by atoms with Crippen LogP contribution < -0.4 is 10.1 Å². The molecule has 1 unspecified atom stereocenters. The van der Waals surface area contributed by atoms with Gasteiger partial charge in [-0.15, -0.1) is 0 Å². The van der Waals surface area contributed by atoms with E-state index in [1.807, 2.05) is 44.6 Å². The van der Waals surface area contributed by atoms with Gasteiger partial charge in [0.05, 0.1) is 13.2 Å². The van der Waals surface area contributed by atoms with Crippen molar-refractivity contribution >= 4 is 0 Å². The Labute approximate surface area is 113 Å². The number of aryl methyl sites for hydroxylation is 1. The highest BCUT2D eigenvalue weighted by molar-refractivity contribution is 5.29. The molecule has 0 aliphatic heterocycles. The molecule has 0 fully saturated rings. The topological polar surface area (TPSA) is 47.0 Å². The number of hydrogen-bond donors (Lipinski definition) is 1. The SMILES string of the molecule is CNC(Cc1cccc(OC)c1)c1ncc(C)cn1. The molecule has 19 heavy (non-hydrogen) atoms. The van der Waals surface area contributed by atoms with Crippen LogP contribution in [0.3, 0.4) is 0 Å². The summed E-state index contributed by atoms with van der Waals surface area (Å²) in [5.41, 5.74) is 2.27. The summed E-state index contributed by atoms with van der Waals surface area (Å²) in [7, 11) is 3.60. The van der Waals surface area contributed by atoms with Gasteiger partial charge < -0.3 is 10.1 Å². The molecule has 0 amide bonds. The van der Waals surface area contributed by atoms with Gasteiger partial charge in [-0.2, -0.15) is 0 Å². The zero-order valence-electron chi connectivity index (χ0n) is 11.6. The average Bonchev–Trinajstić information content (AvgIpc) is 2.46. The van der Waals surface area contributed by atoms with Gasteiger partial charge >= 0.3 is 0 Å². The van der Waals surface area contributed by atoms with Crippen LogP contribution in [0.5, 0.6) is 5.75 Å². The third kappa shape index (κ3) is 3.51. The molecule has 0 bridgehead atoms. The average molecular weight is 257 g/mol. The molecule has 1 N–H and O–H groups in total. The maximum Gasteiger partial charge on any atom is 0.145 e. The van der Waals surface area contributed by atoms with Gasteiger partial charge in [0.2, 0.25) is 0 Å². The van der Waals surface area contributed by atoms with E-state index in [9.17, 15) is 0 Å². The molecule has 2 aromatic rings. The van der Waals surface area contributed by atoms with Crippen LogP contribution in [0.25, 0.3) is 0 Å². The first-order valence-corrected chi connectivity index (χ1v) is 6.31. The summed E-state index contributed by atoms with van der Waals surface area (Å²) in [6, 6.07) is 8.17. The minimum absolute atomic E-state index is 0.104. The Bertz CT molecular complexity index is 525. The van der Waals surface area contributed by atoms with E-state index in [1.165, 1.54) is 5.56 Å². The standard InChI is InChI=1S/C15H19N3O/c1-11-9-17-15(18-10-11)14(16-2)8-12-5-4-6-13(7-12)19-3/h4-7,9-10,14,16H,8H2,1-3H3. The predicted molar refractivity (Wildman–Crippen MR) is 75.3 cm³/mol. The summed E-state index contributed by atoms with van der Waals surface area (Å²) in [6.45, 7) is 1.99. The number of nitrogens with zero attached hydrogens (tertiary/aromatic N) is 2. The number of benzene rings is 1. The van der Waals surface area contributed by atoms with Crippen molar-refractivity contribution in [2.75, 3.05) is 14.2 Å². The summed E-state index contributed by atoms with van der Waals surface area (Å²) < 4.78 is 5.24. The number of ether oxygens (including phenoxy) is 1. The Morgan fingerprint density at radius 1 is 1.26 bits per heavy atom. The van der Waals surface area contributed by atoms with E-state index in [0.717, 1.165) is 23.6 Å². The molecule has 2 rings (SSSR count). The largest absolute Gasteiger partial charge is 0.497 e. The Hall–Kier alpha value is -1.94. The number of likely N-dealkylation sites (N-methyl/N-ethyl adjacent to an activating group) is 1. The van der Waals surface area contributed by atoms with Crippen molar-refractivity contribution in [3.05, 3.63) is 53.6 Å². The van der Waals surface area contributed by atoms with E-state index < -0.39 is 0 Å². The summed E-state index contributed by atoms with van der Waals surface area (Å²) in [5, 5.41) is 3.26. The Morgan fingerprint density at radius 2 is 2.00 bits per heavy atom. The molecule has 0 saturated heterocycles. The molecule has 1 aromatic heterocycles. The molecule has 0 radical (unpaired) electrons. The Balaban J connectivity index is 2.16. The molecule has 1 aromatic carbocycles. The fourth-order valence-electron chi connectivity index (χ4n) is 1.94. The fraction of sp³-hybridized carbons (Fsp3) is 0.333. The summed E-state index contributed by atoms with van der Waals surface area (Å²) in [5.74, 6) is 1.69. The maximum atomic E-state index is 5.24. The highest BCUT2D eigenvalue weighted by atomic mass is 16.5. The maximum absolute atomic E-state index is 5.24. The van der Waals surface area contributed by atoms with E-state index in [0.29, 0.717) is 0 Å². The lowest BCUT2D eigenvalue weighted by atomic mass is 10.1. The van der Waals surface area contributed by atoms with Gasteiger partial charge in [-0.05, 0) is 43.7 Å². The molecule has 0 saturated carbocycles. The van der Waals surface area contributed by atoms with Crippen LogP contribution in [0, 0.1) is 6.92 Å². The monoisotopic (exact) mass is 257 g/mol. The molecular formula is C15H19N3O. The highest BCUT2D eigenvalue weighted by Crippen LogP contribution is 2.18. The van der Waals surface area contributed by atoms with Crippen LogP contribution in [0.2, 0.25) is 0 Å². The molecule has 4 heteroatoms. The highest BCUT2D eigenvalue weighted by Gasteiger charge is 2.13. The van der Waals surface area contributed by atoms with Crippen molar-refractivity contribution in [1.82, 2.24) is 15.3 Å². The van der Waals surface area contributed by atoms with Crippen LogP contribution in [-0.4, -0.2) is 24.1 Å². The van der Waals surface area contributed by atoms with Gasteiger partial charge in [0.1, 0.15) is 11.6 Å². The predicted octanol–water partition coefficient (Wildman–Crippen LogP) is 2.30. The zero-order valence-corrected chi connectivity index (χ0v) is 11.6. The van der Waals surface area contributed by atoms with E-state index in [1.54, 1.807) is 7.11 Å². The zero-order chi connectivity index (χ0) is 13.7. The van der Waals surface area contributed by atoms with E-state index in [2.05, 4.69) is 21.4 Å². The van der Waals surface area contributed by atoms with Gasteiger partial charge in [-0.3, -0.25) is 0 Å². The smallest absolute Gasteiger partial charge is 0.145 e. The third-order valence-corrected chi connectivity index (χ3v) is 3.04. The van der Waals surface area contributed by atoms with Crippen LogP contribution in [0.1, 0.15) is 23.0 Å².